The van der Waals surface area contributed by atoms with Crippen LogP contribution in [0, 0.1) is 6.67 Å². The average molecular weight is 140 g/mol. The van der Waals surface area contributed by atoms with E-state index in [2.05, 4.69) is 0 Å². The molecule has 1 aliphatic rings. The molecule has 0 bridgehead atoms. The topological polar surface area (TPSA) is 6.48 Å². The first kappa shape index (κ1) is 6.18. The highest BCUT2D eigenvalue weighted by molar-refractivity contribution is 5.03. The zero-order valence-corrected chi connectivity index (χ0v) is 3.91. The van der Waals surface area contributed by atoms with Crippen LogP contribution in [0.1, 0.15) is 0 Å². The Kier molecular flexibility index (Phi) is 1.22. The molecule has 0 N–H and O–H groups in total. The summed E-state index contributed by atoms with van der Waals surface area (Å²) in [5, 5.41) is -1.84. The zero-order chi connectivity index (χ0) is 7.02. The van der Waals surface area contributed by atoms with Gasteiger partial charge >= 0.3 is 0 Å². The van der Waals surface area contributed by atoms with Crippen molar-refractivity contribution in [1.29, 1.82) is 0 Å². The summed E-state index contributed by atoms with van der Waals surface area (Å²) in [5.74, 6) is -3.87. The van der Waals surface area contributed by atoms with Crippen molar-refractivity contribution >= 4 is 0 Å². The van der Waals surface area contributed by atoms with E-state index >= 15 is 0 Å². The molecule has 9 heavy (non-hydrogen) atoms. The van der Waals surface area contributed by atoms with Crippen molar-refractivity contribution < 1.29 is 17.7 Å². The summed E-state index contributed by atoms with van der Waals surface area (Å²) in [6.07, 6.45) is 0. The van der Waals surface area contributed by atoms with Gasteiger partial charge in [-0.25, -0.2) is 0 Å². The molecule has 0 aromatic heterocycles. The van der Waals surface area contributed by atoms with E-state index in [0.717, 1.165) is 6.67 Å². The summed E-state index contributed by atoms with van der Waals surface area (Å²) in [7, 11) is 0. The molecule has 0 spiro atoms. The van der Waals surface area contributed by atoms with Crippen LogP contribution in [-0.2, 0) is 0 Å². The normalized spacial score (nSPS) is 20.0. The van der Waals surface area contributed by atoms with Crippen LogP contribution in [0.15, 0.2) is 11.9 Å². The molecule has 0 amide bonds. The van der Waals surface area contributed by atoms with Crippen molar-refractivity contribution in [3.8, 4) is 0 Å². The van der Waals surface area contributed by atoms with Gasteiger partial charge in [-0.2, -0.15) is 8.78 Å². The minimum absolute atomic E-state index is 0.921. The molecule has 0 aromatic carbocycles. The Morgan fingerprint density at radius 2 is 1.33 bits per heavy atom. The van der Waals surface area contributed by atoms with Gasteiger partial charge in [0.2, 0.25) is 0 Å². The third kappa shape index (κ3) is 0.797. The van der Waals surface area contributed by atoms with E-state index in [9.17, 15) is 17.7 Å². The molecule has 0 saturated heterocycles. The maximum atomic E-state index is 11.7. The van der Waals surface area contributed by atoms with E-state index in [1.165, 1.54) is 0 Å². The van der Waals surface area contributed by atoms with Crippen LogP contribution < -0.4 is 0 Å². The second-order valence-corrected chi connectivity index (χ2v) is 1.24. The zero-order valence-electron chi connectivity index (χ0n) is 3.91. The van der Waals surface area contributed by atoms with E-state index in [1.54, 1.807) is 0 Å². The van der Waals surface area contributed by atoms with Crippen molar-refractivity contribution in [2.45, 2.75) is 0 Å². The molecule has 0 saturated carbocycles. The number of rotatable bonds is 0. The highest BCUT2D eigenvalue weighted by Crippen LogP contribution is 2.28. The summed E-state index contributed by atoms with van der Waals surface area (Å²) in [5.41, 5.74) is 0. The summed E-state index contributed by atoms with van der Waals surface area (Å²) in [4.78, 5) is 0. The molecule has 6 heteroatoms. The number of nitrogens with zero attached hydrogens (tertiary/aromatic N) is 2. The standard InChI is InChI=1S/C3F4N2/c4-2-3(5)9(7)1-8(2)6. The van der Waals surface area contributed by atoms with Crippen molar-refractivity contribution in [2.75, 3.05) is 0 Å². The lowest BCUT2D eigenvalue weighted by atomic mass is 10.9. The molecule has 0 unspecified atom stereocenters. The predicted molar refractivity (Wildman–Crippen MR) is 18.4 cm³/mol. The fraction of sp³-hybridized carbons (Fsp3) is 0. The van der Waals surface area contributed by atoms with Gasteiger partial charge in [0.25, 0.3) is 18.6 Å². The van der Waals surface area contributed by atoms with E-state index in [1.807, 2.05) is 0 Å². The van der Waals surface area contributed by atoms with E-state index < -0.39 is 22.1 Å². The summed E-state index contributed by atoms with van der Waals surface area (Å²) < 4.78 is 46.5. The van der Waals surface area contributed by atoms with Crippen LogP contribution in [0.5, 0.6) is 0 Å². The molecule has 50 valence electrons. The lowest BCUT2D eigenvalue weighted by molar-refractivity contribution is 0.00918. The predicted octanol–water partition coefficient (Wildman–Crippen LogP) is 1.43. The smallest absolute Gasteiger partial charge is 0.179 e. The molecule has 1 rings (SSSR count). The van der Waals surface area contributed by atoms with Crippen LogP contribution >= 0.6 is 0 Å². The molecule has 2 radical (unpaired) electrons. The molecular formula is C3F4N2. The lowest BCUT2D eigenvalue weighted by Crippen LogP contribution is -2.06. The first-order valence-electron chi connectivity index (χ1n) is 1.86. The molecule has 0 atom stereocenters. The van der Waals surface area contributed by atoms with Gasteiger partial charge in [0.05, 0.1) is 0 Å². The SMILES string of the molecule is FC1=C(F)N(F)[C]N1F. The number of hydrogen-bond donors (Lipinski definition) is 0. The number of hydrogen-bond acceptors (Lipinski definition) is 2. The first-order chi connectivity index (χ1) is 4.13. The van der Waals surface area contributed by atoms with Crippen LogP contribution in [0.2, 0.25) is 0 Å². The van der Waals surface area contributed by atoms with Crippen molar-refractivity contribution in [3.05, 3.63) is 18.6 Å². The van der Waals surface area contributed by atoms with Gasteiger partial charge in [0.1, 0.15) is 0 Å². The lowest BCUT2D eigenvalue weighted by Gasteiger charge is -1.97. The Morgan fingerprint density at radius 3 is 1.44 bits per heavy atom. The highest BCUT2D eigenvalue weighted by atomic mass is 19.2. The van der Waals surface area contributed by atoms with Crippen LogP contribution in [0.4, 0.5) is 17.7 Å². The maximum Gasteiger partial charge on any atom is 0.279 e. The van der Waals surface area contributed by atoms with Crippen molar-refractivity contribution in [3.63, 3.8) is 0 Å². The van der Waals surface area contributed by atoms with Gasteiger partial charge in [-0.3, -0.25) is 0 Å². The van der Waals surface area contributed by atoms with E-state index in [0.29, 0.717) is 0 Å². The van der Waals surface area contributed by atoms with E-state index in [4.69, 9.17) is 0 Å². The Morgan fingerprint density at radius 1 is 1.00 bits per heavy atom. The largest absolute Gasteiger partial charge is 0.279 e. The quantitative estimate of drug-likeness (QED) is 0.285. The Balaban J connectivity index is 2.79. The van der Waals surface area contributed by atoms with Gasteiger partial charge in [-0.05, 0) is 0 Å². The fourth-order valence-electron chi connectivity index (χ4n) is 0.327. The van der Waals surface area contributed by atoms with Crippen LogP contribution in [-0.4, -0.2) is 10.2 Å². The minimum Gasteiger partial charge on any atom is -0.179 e. The maximum absolute atomic E-state index is 11.7. The second kappa shape index (κ2) is 1.78. The highest BCUT2D eigenvalue weighted by Gasteiger charge is 2.32. The Bertz CT molecular complexity index is 140. The van der Waals surface area contributed by atoms with Crippen molar-refractivity contribution in [1.82, 2.24) is 10.2 Å². The second-order valence-electron chi connectivity index (χ2n) is 1.24. The Hall–Kier alpha value is -0.940. The van der Waals surface area contributed by atoms with Gasteiger partial charge in [-0.15, -0.1) is 10.2 Å². The van der Waals surface area contributed by atoms with Crippen LogP contribution in [0.3, 0.4) is 0 Å². The average Bonchev–Trinajstić information content (AvgIpc) is 1.98. The molecule has 0 fully saturated rings. The van der Waals surface area contributed by atoms with E-state index in [-0.39, 0.29) is 0 Å². The Labute approximate surface area is 47.8 Å². The van der Waals surface area contributed by atoms with Gasteiger partial charge < -0.3 is 0 Å². The third-order valence-corrected chi connectivity index (χ3v) is 0.691. The summed E-state index contributed by atoms with van der Waals surface area (Å²) in [6, 6.07) is 0. The molecular weight excluding hydrogens is 140 g/mol. The minimum atomic E-state index is -1.93. The molecule has 0 aromatic rings. The molecule has 0 aliphatic carbocycles. The van der Waals surface area contributed by atoms with Crippen molar-refractivity contribution in [2.24, 2.45) is 0 Å². The molecule has 1 aliphatic heterocycles. The first-order valence-corrected chi connectivity index (χ1v) is 1.86. The number of halogens is 4. The molecule has 2 nitrogen and oxygen atoms in total. The van der Waals surface area contributed by atoms with Gasteiger partial charge in [0, 0.05) is 0 Å². The molecule has 1 heterocycles. The summed E-state index contributed by atoms with van der Waals surface area (Å²) >= 11 is 0. The third-order valence-electron chi connectivity index (χ3n) is 0.691. The van der Waals surface area contributed by atoms with Crippen LogP contribution in [0.25, 0.3) is 0 Å². The van der Waals surface area contributed by atoms with Gasteiger partial charge in [0.15, 0.2) is 0 Å². The van der Waals surface area contributed by atoms with Gasteiger partial charge in [-0.1, -0.05) is 8.96 Å². The monoisotopic (exact) mass is 140 g/mol. The summed E-state index contributed by atoms with van der Waals surface area (Å²) in [6.45, 7) is 1.03. The fourth-order valence-corrected chi connectivity index (χ4v) is 0.327.